The topological polar surface area (TPSA) is 59.9 Å². The average molecular weight is 521 g/mol. The smallest absolute Gasteiger partial charge is 0.271 e. The number of nitrogens with zero attached hydrogens (tertiary/aromatic N) is 1. The number of ether oxygens (including phenoxy) is 2. The first-order valence-corrected chi connectivity index (χ1v) is 12.5. The maximum Gasteiger partial charge on any atom is 0.271 e. The number of halogens is 1. The first kappa shape index (κ1) is 24.0. The molecule has 5 nitrogen and oxygen atoms in total. The van der Waals surface area contributed by atoms with Crippen LogP contribution in [-0.4, -0.2) is 25.3 Å². The highest BCUT2D eigenvalue weighted by Crippen LogP contribution is 2.33. The van der Waals surface area contributed by atoms with E-state index in [0.717, 1.165) is 15.8 Å². The Hall–Kier alpha value is -3.12. The Kier molecular flexibility index (Phi) is 8.74. The van der Waals surface area contributed by atoms with Gasteiger partial charge < -0.3 is 9.47 Å². The van der Waals surface area contributed by atoms with Crippen molar-refractivity contribution >= 4 is 28.1 Å². The van der Waals surface area contributed by atoms with E-state index in [9.17, 15) is 4.79 Å². The van der Waals surface area contributed by atoms with Crippen LogP contribution in [-0.2, 0) is 0 Å². The van der Waals surface area contributed by atoms with Gasteiger partial charge in [-0.05, 0) is 66.8 Å². The number of carbonyl (C=O) groups excluding carboxylic acids is 1. The van der Waals surface area contributed by atoms with Crippen molar-refractivity contribution in [3.63, 3.8) is 0 Å². The van der Waals surface area contributed by atoms with Gasteiger partial charge in [0.2, 0.25) is 0 Å². The number of hydrogen-bond donors (Lipinski definition) is 1. The Balaban J connectivity index is 1.27. The first-order valence-electron chi connectivity index (χ1n) is 11.7. The van der Waals surface area contributed by atoms with Gasteiger partial charge in [0.15, 0.2) is 0 Å². The number of hydrazone groups is 1. The van der Waals surface area contributed by atoms with Crippen molar-refractivity contribution in [1.29, 1.82) is 0 Å². The van der Waals surface area contributed by atoms with Crippen LogP contribution in [0.1, 0.15) is 59.5 Å². The normalized spacial score (nSPS) is 14.1. The van der Waals surface area contributed by atoms with E-state index in [4.69, 9.17) is 9.47 Å². The highest BCUT2D eigenvalue weighted by Gasteiger charge is 2.15. The zero-order chi connectivity index (χ0) is 23.6. The molecule has 1 fully saturated rings. The van der Waals surface area contributed by atoms with Crippen molar-refractivity contribution in [3.8, 4) is 11.5 Å². The van der Waals surface area contributed by atoms with Gasteiger partial charge in [-0.15, -0.1) is 0 Å². The van der Waals surface area contributed by atoms with Crippen LogP contribution in [0.5, 0.6) is 11.5 Å². The molecule has 0 bridgehead atoms. The lowest BCUT2D eigenvalue weighted by Gasteiger charge is -2.22. The number of carbonyl (C=O) groups is 1. The van der Waals surface area contributed by atoms with Crippen LogP contribution >= 0.6 is 15.9 Å². The van der Waals surface area contributed by atoms with E-state index in [1.165, 1.54) is 37.7 Å². The molecular weight excluding hydrogens is 492 g/mol. The Bertz CT molecular complexity index is 1090. The summed E-state index contributed by atoms with van der Waals surface area (Å²) in [6, 6.07) is 23.1. The Morgan fingerprint density at radius 3 is 2.44 bits per heavy atom. The molecule has 1 saturated carbocycles. The molecule has 0 spiro atoms. The van der Waals surface area contributed by atoms with Crippen molar-refractivity contribution in [3.05, 3.63) is 94.0 Å². The first-order chi connectivity index (χ1) is 16.7. The number of benzene rings is 3. The minimum absolute atomic E-state index is 0.266. The summed E-state index contributed by atoms with van der Waals surface area (Å²) in [6.07, 6.45) is 8.20. The fraction of sp³-hybridized carbons (Fsp3) is 0.286. The molecule has 0 unspecified atom stereocenters. The second kappa shape index (κ2) is 12.4. The molecule has 0 saturated heterocycles. The summed E-state index contributed by atoms with van der Waals surface area (Å²) in [5.74, 6) is 1.94. The fourth-order valence-corrected chi connectivity index (χ4v) is 4.53. The van der Waals surface area contributed by atoms with Crippen LogP contribution < -0.4 is 14.9 Å². The van der Waals surface area contributed by atoms with E-state index >= 15 is 0 Å². The van der Waals surface area contributed by atoms with Gasteiger partial charge in [-0.25, -0.2) is 5.43 Å². The van der Waals surface area contributed by atoms with E-state index in [1.54, 1.807) is 18.3 Å². The molecule has 0 aromatic heterocycles. The molecule has 34 heavy (non-hydrogen) atoms. The van der Waals surface area contributed by atoms with Gasteiger partial charge in [-0.2, -0.15) is 5.10 Å². The van der Waals surface area contributed by atoms with Gasteiger partial charge in [0, 0.05) is 15.6 Å². The van der Waals surface area contributed by atoms with Crippen LogP contribution in [0.2, 0.25) is 0 Å². The highest BCUT2D eigenvalue weighted by atomic mass is 79.9. The summed E-state index contributed by atoms with van der Waals surface area (Å²) in [7, 11) is 0. The molecule has 0 heterocycles. The monoisotopic (exact) mass is 520 g/mol. The lowest BCUT2D eigenvalue weighted by Crippen LogP contribution is -2.17. The summed E-state index contributed by atoms with van der Waals surface area (Å²) in [6.45, 7) is 0.823. The van der Waals surface area contributed by atoms with Gasteiger partial charge in [0.05, 0.1) is 6.21 Å². The maximum atomic E-state index is 12.2. The van der Waals surface area contributed by atoms with Gasteiger partial charge in [-0.1, -0.05) is 65.5 Å². The number of nitrogens with one attached hydrogen (secondary N) is 1. The zero-order valence-electron chi connectivity index (χ0n) is 19.1. The van der Waals surface area contributed by atoms with Crippen molar-refractivity contribution in [2.24, 2.45) is 5.10 Å². The van der Waals surface area contributed by atoms with Crippen molar-refractivity contribution in [2.75, 3.05) is 13.2 Å². The van der Waals surface area contributed by atoms with Gasteiger partial charge >= 0.3 is 0 Å². The largest absolute Gasteiger partial charge is 0.490 e. The van der Waals surface area contributed by atoms with Gasteiger partial charge in [0.25, 0.3) is 5.91 Å². The average Bonchev–Trinajstić information content (AvgIpc) is 2.89. The third-order valence-corrected chi connectivity index (χ3v) is 6.44. The summed E-state index contributed by atoms with van der Waals surface area (Å²) < 4.78 is 12.7. The Labute approximate surface area is 209 Å². The molecule has 4 rings (SSSR count). The fourth-order valence-electron chi connectivity index (χ4n) is 4.15. The zero-order valence-corrected chi connectivity index (χ0v) is 20.7. The molecule has 0 atom stereocenters. The molecule has 1 amide bonds. The molecule has 176 valence electrons. The molecule has 0 aliphatic heterocycles. The molecule has 3 aromatic carbocycles. The second-order valence-corrected chi connectivity index (χ2v) is 9.26. The van der Waals surface area contributed by atoms with E-state index in [-0.39, 0.29) is 5.91 Å². The van der Waals surface area contributed by atoms with Crippen molar-refractivity contribution < 1.29 is 14.3 Å². The van der Waals surface area contributed by atoms with E-state index in [1.807, 2.05) is 36.4 Å². The predicted molar refractivity (Wildman–Crippen MR) is 139 cm³/mol. The van der Waals surface area contributed by atoms with Crippen LogP contribution in [0.25, 0.3) is 0 Å². The molecule has 3 aromatic rings. The SMILES string of the molecule is O=C(N/N=C\c1cc(Br)ccc1OCCOc1ccc(C2CCCCC2)cc1)c1ccccc1. The number of hydrogen-bond acceptors (Lipinski definition) is 4. The molecule has 1 aliphatic rings. The van der Waals surface area contributed by atoms with Gasteiger partial charge in [0.1, 0.15) is 24.7 Å². The van der Waals surface area contributed by atoms with E-state index in [0.29, 0.717) is 30.4 Å². The molecule has 6 heteroatoms. The van der Waals surface area contributed by atoms with Gasteiger partial charge in [-0.3, -0.25) is 4.79 Å². The third kappa shape index (κ3) is 6.94. The van der Waals surface area contributed by atoms with Crippen LogP contribution in [0.3, 0.4) is 0 Å². The number of rotatable bonds is 9. The molecule has 0 radical (unpaired) electrons. The quantitative estimate of drug-likeness (QED) is 0.193. The highest BCUT2D eigenvalue weighted by molar-refractivity contribution is 9.10. The van der Waals surface area contributed by atoms with E-state index in [2.05, 4.69) is 50.7 Å². The molecule has 1 N–H and O–H groups in total. The third-order valence-electron chi connectivity index (χ3n) is 5.94. The minimum atomic E-state index is -0.266. The van der Waals surface area contributed by atoms with E-state index < -0.39 is 0 Å². The molecular formula is C28H29BrN2O3. The minimum Gasteiger partial charge on any atom is -0.490 e. The summed E-state index contributed by atoms with van der Waals surface area (Å²) in [5.41, 5.74) is 5.26. The standard InChI is InChI=1S/C28H29BrN2O3/c29-25-13-16-27(24(19-25)20-30-31-28(32)23-9-5-2-6-10-23)34-18-17-33-26-14-11-22(12-15-26)21-7-3-1-4-8-21/h2,5-6,9-16,19-21H,1,3-4,7-8,17-18H2,(H,31,32)/b30-20-. The Morgan fingerprint density at radius 1 is 0.941 bits per heavy atom. The second-order valence-electron chi connectivity index (χ2n) is 8.35. The Morgan fingerprint density at radius 2 is 1.68 bits per heavy atom. The van der Waals surface area contributed by atoms with Crippen LogP contribution in [0.4, 0.5) is 0 Å². The lowest BCUT2D eigenvalue weighted by molar-refractivity contribution is 0.0955. The summed E-state index contributed by atoms with van der Waals surface area (Å²) in [5, 5.41) is 4.09. The lowest BCUT2D eigenvalue weighted by atomic mass is 9.84. The summed E-state index contributed by atoms with van der Waals surface area (Å²) in [4.78, 5) is 12.2. The van der Waals surface area contributed by atoms with Crippen molar-refractivity contribution in [2.45, 2.75) is 38.0 Å². The van der Waals surface area contributed by atoms with Crippen LogP contribution in [0.15, 0.2) is 82.4 Å². The summed E-state index contributed by atoms with van der Waals surface area (Å²) >= 11 is 3.47. The maximum absolute atomic E-state index is 12.2. The van der Waals surface area contributed by atoms with Crippen molar-refractivity contribution in [1.82, 2.24) is 5.43 Å². The van der Waals surface area contributed by atoms with Crippen LogP contribution in [0, 0.1) is 0 Å². The predicted octanol–water partition coefficient (Wildman–Crippen LogP) is 6.72. The molecule has 1 aliphatic carbocycles. The number of amides is 1.